The van der Waals surface area contributed by atoms with Crippen LogP contribution in [-0.4, -0.2) is 127 Å². The SMILES string of the molecule is CN(C)CCN(C)Cc1ccc(-c2cc(N(C)C)c3c(c2O)C(O)=C2C(=O)[C@]4(O)C(O)=C(C(N)=O)C(=O)[C@@H](N(C)C)C4CC2C3)o1. The highest BCUT2D eigenvalue weighted by atomic mass is 16.4. The number of aliphatic hydroxyl groups is 3. The van der Waals surface area contributed by atoms with Crippen molar-refractivity contribution in [3.63, 3.8) is 0 Å². The number of carbonyl (C=O) groups excluding carboxylic acids is 3. The van der Waals surface area contributed by atoms with Crippen molar-refractivity contribution in [2.24, 2.45) is 17.6 Å². The monoisotopic (exact) mass is 637 g/mol. The van der Waals surface area contributed by atoms with Crippen LogP contribution in [-0.2, 0) is 27.3 Å². The van der Waals surface area contributed by atoms with Crippen molar-refractivity contribution < 1.29 is 39.2 Å². The Morgan fingerprint density at radius 3 is 2.30 bits per heavy atom. The first-order valence-corrected chi connectivity index (χ1v) is 15.1. The Hall–Kier alpha value is -4.17. The lowest BCUT2D eigenvalue weighted by atomic mass is 9.57. The molecule has 13 heteroatoms. The van der Waals surface area contributed by atoms with Gasteiger partial charge in [-0.25, -0.2) is 0 Å². The molecular formula is C33H43N5O8. The number of benzene rings is 1. The number of nitrogens with two attached hydrogens (primary N) is 1. The molecule has 0 aliphatic heterocycles. The van der Waals surface area contributed by atoms with E-state index in [4.69, 9.17) is 10.2 Å². The smallest absolute Gasteiger partial charge is 0.255 e. The lowest BCUT2D eigenvalue weighted by Crippen LogP contribution is -2.65. The highest BCUT2D eigenvalue weighted by Gasteiger charge is 2.64. The molecule has 1 heterocycles. The van der Waals surface area contributed by atoms with Gasteiger partial charge in [0.15, 0.2) is 11.4 Å². The summed E-state index contributed by atoms with van der Waals surface area (Å²) >= 11 is 0. The van der Waals surface area contributed by atoms with E-state index in [2.05, 4.69) is 9.80 Å². The Morgan fingerprint density at radius 1 is 1.04 bits per heavy atom. The molecule has 13 nitrogen and oxygen atoms in total. The molecule has 1 amide bonds. The van der Waals surface area contributed by atoms with Gasteiger partial charge in [-0.3, -0.25) is 24.2 Å². The fraction of sp³-hybridized carbons (Fsp3) is 0.485. The van der Waals surface area contributed by atoms with Gasteiger partial charge in [-0.2, -0.15) is 0 Å². The predicted molar refractivity (Wildman–Crippen MR) is 171 cm³/mol. The zero-order valence-electron chi connectivity index (χ0n) is 27.3. The largest absolute Gasteiger partial charge is 0.508 e. The van der Waals surface area contributed by atoms with E-state index >= 15 is 0 Å². The van der Waals surface area contributed by atoms with Crippen LogP contribution in [0.5, 0.6) is 5.75 Å². The Kier molecular flexibility index (Phi) is 8.58. The van der Waals surface area contributed by atoms with Crippen LogP contribution in [0.3, 0.4) is 0 Å². The number of carbonyl (C=O) groups is 3. The maximum Gasteiger partial charge on any atom is 0.255 e. The van der Waals surface area contributed by atoms with Crippen LogP contribution in [0, 0.1) is 11.8 Å². The Morgan fingerprint density at radius 2 is 1.72 bits per heavy atom. The molecular weight excluding hydrogens is 594 g/mol. The van der Waals surface area contributed by atoms with E-state index in [9.17, 15) is 34.8 Å². The first-order valence-electron chi connectivity index (χ1n) is 15.1. The molecule has 3 aliphatic rings. The molecule has 1 aromatic heterocycles. The average Bonchev–Trinajstić information content (AvgIpc) is 3.41. The fourth-order valence-electron chi connectivity index (χ4n) is 7.20. The lowest BCUT2D eigenvalue weighted by molar-refractivity contribution is -0.153. The van der Waals surface area contributed by atoms with E-state index < -0.39 is 58.0 Å². The van der Waals surface area contributed by atoms with Gasteiger partial charge < -0.3 is 40.4 Å². The highest BCUT2D eigenvalue weighted by molar-refractivity contribution is 6.24. The van der Waals surface area contributed by atoms with Crippen LogP contribution >= 0.6 is 0 Å². The van der Waals surface area contributed by atoms with Crippen LogP contribution in [0.4, 0.5) is 5.69 Å². The molecule has 6 N–H and O–H groups in total. The number of Topliss-reactive ketones (excluding diaryl/α,β-unsaturated/α-hetero) is 2. The minimum Gasteiger partial charge on any atom is -0.508 e. The minimum atomic E-state index is -2.70. The molecule has 2 unspecified atom stereocenters. The highest BCUT2D eigenvalue weighted by Crippen LogP contribution is 2.55. The number of primary amides is 1. The molecule has 2 aromatic rings. The number of fused-ring (bicyclic) bond motifs is 3. The van der Waals surface area contributed by atoms with Crippen LogP contribution in [0.1, 0.15) is 23.3 Å². The number of amides is 1. The van der Waals surface area contributed by atoms with E-state index in [1.807, 2.05) is 46.2 Å². The summed E-state index contributed by atoms with van der Waals surface area (Å²) in [4.78, 5) is 47.3. The molecule has 0 radical (unpaired) electrons. The first kappa shape index (κ1) is 33.2. The summed E-state index contributed by atoms with van der Waals surface area (Å²) in [6.07, 6.45) is 0.208. The molecule has 3 aliphatic carbocycles. The molecule has 5 rings (SSSR count). The van der Waals surface area contributed by atoms with Gasteiger partial charge in [0.25, 0.3) is 5.91 Å². The Labute approximate surface area is 267 Å². The van der Waals surface area contributed by atoms with Crippen molar-refractivity contribution in [1.82, 2.24) is 14.7 Å². The van der Waals surface area contributed by atoms with Gasteiger partial charge in [0.1, 0.15) is 34.4 Å². The first-order chi connectivity index (χ1) is 21.5. The summed E-state index contributed by atoms with van der Waals surface area (Å²) in [7, 11) is 12.8. The van der Waals surface area contributed by atoms with Gasteiger partial charge in [0.2, 0.25) is 5.78 Å². The number of hydrogen-bond donors (Lipinski definition) is 5. The molecule has 0 saturated heterocycles. The topological polar surface area (TPSA) is 184 Å². The van der Waals surface area contributed by atoms with Crippen molar-refractivity contribution >= 4 is 28.9 Å². The second-order valence-corrected chi connectivity index (χ2v) is 13.3. The summed E-state index contributed by atoms with van der Waals surface area (Å²) in [5.41, 5.74) is 3.23. The predicted octanol–water partition coefficient (Wildman–Crippen LogP) is 1.28. The number of anilines is 1. The van der Waals surface area contributed by atoms with E-state index in [0.29, 0.717) is 34.9 Å². The molecule has 1 saturated carbocycles. The standard InChI is InChI=1S/C33H43N5O8/c1-35(2)10-11-38(7)15-17-8-9-22(46-17)19-14-21(36(3)4)18-12-16-13-20-26(37(5)6)29(41)25(32(34)44)31(43)33(20,45)30(42)23(16)28(40)24(18)27(19)39/h8-9,14,16,20,26,39-40,43,45H,10-13,15H2,1-7H3,(H2,34,44)/t16?,20?,26-,33-/m0/s1. The van der Waals surface area contributed by atoms with Crippen LogP contribution in [0.25, 0.3) is 17.1 Å². The number of furan rings is 1. The number of rotatable bonds is 9. The molecule has 1 fully saturated rings. The number of phenolic OH excluding ortho intramolecular Hbond substituents is 1. The molecule has 248 valence electrons. The third-order valence-corrected chi connectivity index (χ3v) is 9.46. The van der Waals surface area contributed by atoms with Crippen molar-refractivity contribution in [3.05, 3.63) is 52.0 Å². The third-order valence-electron chi connectivity index (χ3n) is 9.46. The van der Waals surface area contributed by atoms with Crippen LogP contribution in [0.15, 0.2) is 39.5 Å². The van der Waals surface area contributed by atoms with Crippen molar-refractivity contribution in [2.75, 3.05) is 67.3 Å². The Bertz CT molecular complexity index is 1670. The summed E-state index contributed by atoms with van der Waals surface area (Å²) in [5, 5.41) is 46.4. The van der Waals surface area contributed by atoms with Gasteiger partial charge in [-0.05, 0) is 77.8 Å². The van der Waals surface area contributed by atoms with Crippen molar-refractivity contribution in [2.45, 2.75) is 31.0 Å². The normalized spacial score (nSPS) is 24.5. The minimum absolute atomic E-state index is 0.0125. The second-order valence-electron chi connectivity index (χ2n) is 13.3. The summed E-state index contributed by atoms with van der Waals surface area (Å²) in [5.74, 6) is -5.86. The van der Waals surface area contributed by atoms with Gasteiger partial charge in [-0.15, -0.1) is 0 Å². The quantitative estimate of drug-likeness (QED) is 0.249. The number of likely N-dealkylation sites (N-methyl/N-ethyl adjacent to an activating group) is 3. The van der Waals surface area contributed by atoms with Gasteiger partial charge in [-0.1, -0.05) is 0 Å². The number of phenols is 1. The Balaban J connectivity index is 1.63. The number of aliphatic hydroxyl groups excluding tert-OH is 2. The number of ketones is 2. The van der Waals surface area contributed by atoms with Gasteiger partial charge in [0, 0.05) is 44.4 Å². The molecule has 0 spiro atoms. The van der Waals surface area contributed by atoms with Crippen LogP contribution < -0.4 is 10.6 Å². The summed E-state index contributed by atoms with van der Waals surface area (Å²) in [6, 6.07) is 4.18. The summed E-state index contributed by atoms with van der Waals surface area (Å²) < 4.78 is 6.14. The zero-order valence-corrected chi connectivity index (χ0v) is 27.3. The van der Waals surface area contributed by atoms with E-state index in [1.165, 1.54) is 4.90 Å². The second kappa shape index (κ2) is 11.9. The lowest BCUT2D eigenvalue weighted by Gasteiger charge is -2.50. The number of nitrogens with zero attached hydrogens (tertiary/aromatic N) is 4. The van der Waals surface area contributed by atoms with Crippen molar-refractivity contribution in [3.8, 4) is 17.1 Å². The fourth-order valence-corrected chi connectivity index (χ4v) is 7.20. The third kappa shape index (κ3) is 5.16. The number of aromatic hydroxyl groups is 1. The average molecular weight is 638 g/mol. The van der Waals surface area contributed by atoms with E-state index in [1.54, 1.807) is 26.2 Å². The van der Waals surface area contributed by atoms with E-state index in [-0.39, 0.29) is 29.7 Å². The van der Waals surface area contributed by atoms with Crippen LogP contribution in [0.2, 0.25) is 0 Å². The summed E-state index contributed by atoms with van der Waals surface area (Å²) in [6.45, 7) is 2.22. The van der Waals surface area contributed by atoms with Gasteiger partial charge in [0.05, 0.1) is 23.7 Å². The maximum atomic E-state index is 14.2. The van der Waals surface area contributed by atoms with Gasteiger partial charge >= 0.3 is 0 Å². The molecule has 46 heavy (non-hydrogen) atoms. The molecule has 4 atom stereocenters. The zero-order chi connectivity index (χ0) is 34.0. The maximum absolute atomic E-state index is 14.2. The van der Waals surface area contributed by atoms with Crippen molar-refractivity contribution in [1.29, 1.82) is 0 Å². The number of hydrogen-bond acceptors (Lipinski definition) is 12. The molecule has 0 bridgehead atoms. The molecule has 1 aromatic carbocycles. The van der Waals surface area contributed by atoms with E-state index in [0.717, 1.165) is 13.1 Å².